The minimum absolute atomic E-state index is 0.0114. The van der Waals surface area contributed by atoms with Crippen LogP contribution in [0.2, 0.25) is 0 Å². The SMILES string of the molecule is COCO[C@]1(C(=O)COC(C)=O)CC[C@H]2[C@@H]3CC=C4CC(OC(C)=O)CC[C@]4(C)[C@H]3CC[C@@]21C. The van der Waals surface area contributed by atoms with Crippen LogP contribution in [0, 0.1) is 28.6 Å². The second-order valence-corrected chi connectivity index (χ2v) is 11.3. The van der Waals surface area contributed by atoms with Gasteiger partial charge >= 0.3 is 11.9 Å². The Morgan fingerprint density at radius 2 is 1.74 bits per heavy atom. The number of ether oxygens (including phenoxy) is 4. The molecule has 0 aromatic rings. The predicted molar refractivity (Wildman–Crippen MR) is 125 cm³/mol. The molecule has 0 bridgehead atoms. The van der Waals surface area contributed by atoms with Gasteiger partial charge in [-0.25, -0.2) is 0 Å². The Hall–Kier alpha value is -1.73. The van der Waals surface area contributed by atoms with E-state index in [4.69, 9.17) is 18.9 Å². The molecule has 7 heteroatoms. The van der Waals surface area contributed by atoms with Gasteiger partial charge in [-0.1, -0.05) is 25.5 Å². The smallest absolute Gasteiger partial charge is 0.303 e. The van der Waals surface area contributed by atoms with Crippen molar-refractivity contribution >= 4 is 17.7 Å². The Kier molecular flexibility index (Phi) is 7.00. The van der Waals surface area contributed by atoms with Crippen molar-refractivity contribution in [2.24, 2.45) is 28.6 Å². The fraction of sp³-hybridized carbons (Fsp3) is 0.815. The molecule has 4 aliphatic rings. The number of hydrogen-bond donors (Lipinski definition) is 0. The molecular formula is C27H40O7. The second kappa shape index (κ2) is 9.38. The van der Waals surface area contributed by atoms with E-state index in [1.54, 1.807) is 7.11 Å². The molecule has 0 aromatic carbocycles. The Morgan fingerprint density at radius 3 is 2.41 bits per heavy atom. The third-order valence-electron chi connectivity index (χ3n) is 9.79. The van der Waals surface area contributed by atoms with E-state index in [0.717, 1.165) is 44.9 Å². The maximum atomic E-state index is 13.5. The highest BCUT2D eigenvalue weighted by molar-refractivity contribution is 5.91. The zero-order chi connectivity index (χ0) is 24.7. The molecule has 34 heavy (non-hydrogen) atoms. The first kappa shape index (κ1) is 25.4. The summed E-state index contributed by atoms with van der Waals surface area (Å²) in [5, 5.41) is 0. The lowest BCUT2D eigenvalue weighted by molar-refractivity contribution is -0.204. The summed E-state index contributed by atoms with van der Waals surface area (Å²) in [4.78, 5) is 36.4. The highest BCUT2D eigenvalue weighted by Crippen LogP contribution is 2.68. The Balaban J connectivity index is 1.60. The van der Waals surface area contributed by atoms with Gasteiger partial charge in [-0.3, -0.25) is 14.4 Å². The number of allylic oxidation sites excluding steroid dienone is 1. The van der Waals surface area contributed by atoms with Crippen LogP contribution in [0.4, 0.5) is 0 Å². The maximum Gasteiger partial charge on any atom is 0.303 e. The van der Waals surface area contributed by atoms with E-state index in [-0.39, 0.29) is 42.1 Å². The molecule has 3 saturated carbocycles. The van der Waals surface area contributed by atoms with E-state index in [1.807, 2.05) is 0 Å². The van der Waals surface area contributed by atoms with Gasteiger partial charge in [0, 0.05) is 32.8 Å². The second-order valence-electron chi connectivity index (χ2n) is 11.3. The van der Waals surface area contributed by atoms with Crippen LogP contribution in [0.15, 0.2) is 11.6 Å². The lowest BCUT2D eigenvalue weighted by Gasteiger charge is -2.59. The summed E-state index contributed by atoms with van der Waals surface area (Å²) in [6.07, 6.45) is 9.61. The zero-order valence-corrected chi connectivity index (χ0v) is 21.3. The van der Waals surface area contributed by atoms with Crippen molar-refractivity contribution in [1.82, 2.24) is 0 Å². The molecule has 0 saturated heterocycles. The summed E-state index contributed by atoms with van der Waals surface area (Å²) in [6, 6.07) is 0. The number of fused-ring (bicyclic) bond motifs is 5. The summed E-state index contributed by atoms with van der Waals surface area (Å²) in [7, 11) is 1.57. The van der Waals surface area contributed by atoms with Gasteiger partial charge in [0.25, 0.3) is 0 Å². The molecule has 4 rings (SSSR count). The number of methoxy groups -OCH3 is 1. The van der Waals surface area contributed by atoms with Crippen LogP contribution in [0.1, 0.15) is 79.1 Å². The monoisotopic (exact) mass is 476 g/mol. The van der Waals surface area contributed by atoms with Crippen molar-refractivity contribution in [3.8, 4) is 0 Å². The molecule has 0 heterocycles. The van der Waals surface area contributed by atoms with Gasteiger partial charge in [0.2, 0.25) is 5.78 Å². The van der Waals surface area contributed by atoms with Gasteiger partial charge in [0.1, 0.15) is 18.5 Å². The molecule has 0 amide bonds. The topological polar surface area (TPSA) is 88.1 Å². The largest absolute Gasteiger partial charge is 0.462 e. The average molecular weight is 477 g/mol. The third-order valence-corrected chi connectivity index (χ3v) is 9.79. The normalized spacial score (nSPS) is 40.9. The van der Waals surface area contributed by atoms with Crippen LogP contribution < -0.4 is 0 Å². The highest BCUT2D eigenvalue weighted by atomic mass is 16.7. The van der Waals surface area contributed by atoms with Gasteiger partial charge < -0.3 is 18.9 Å². The van der Waals surface area contributed by atoms with Gasteiger partial charge in [-0.15, -0.1) is 0 Å². The van der Waals surface area contributed by atoms with Crippen LogP contribution >= 0.6 is 0 Å². The summed E-state index contributed by atoms with van der Waals surface area (Å²) >= 11 is 0. The minimum atomic E-state index is -0.994. The third kappa shape index (κ3) is 4.02. The molecule has 1 unspecified atom stereocenters. The first-order valence-electron chi connectivity index (χ1n) is 12.7. The number of hydrogen-bond acceptors (Lipinski definition) is 7. The number of Topliss-reactive ketones (excluding diaryl/α,β-unsaturated/α-hetero) is 1. The molecule has 0 N–H and O–H groups in total. The van der Waals surface area contributed by atoms with Crippen LogP contribution in [-0.2, 0) is 33.3 Å². The molecule has 3 fully saturated rings. The summed E-state index contributed by atoms with van der Waals surface area (Å²) in [5.41, 5.74) is 0.231. The quantitative estimate of drug-likeness (QED) is 0.306. The molecule has 7 nitrogen and oxygen atoms in total. The van der Waals surface area contributed by atoms with Crippen LogP contribution in [0.5, 0.6) is 0 Å². The van der Waals surface area contributed by atoms with Crippen molar-refractivity contribution in [3.63, 3.8) is 0 Å². The number of carbonyl (C=O) groups excluding carboxylic acids is 3. The maximum absolute atomic E-state index is 13.5. The molecule has 0 aliphatic heterocycles. The molecule has 0 aromatic heterocycles. The van der Waals surface area contributed by atoms with Gasteiger partial charge in [-0.05, 0) is 68.1 Å². The van der Waals surface area contributed by atoms with E-state index in [9.17, 15) is 14.4 Å². The number of ketones is 1. The highest BCUT2D eigenvalue weighted by Gasteiger charge is 2.67. The summed E-state index contributed by atoms with van der Waals surface area (Å²) in [6.45, 7) is 7.21. The van der Waals surface area contributed by atoms with Crippen molar-refractivity contribution in [2.75, 3.05) is 20.5 Å². The first-order valence-corrected chi connectivity index (χ1v) is 12.7. The van der Waals surface area contributed by atoms with Crippen molar-refractivity contribution in [1.29, 1.82) is 0 Å². The average Bonchev–Trinajstić information content (AvgIpc) is 3.09. The van der Waals surface area contributed by atoms with Crippen LogP contribution in [0.3, 0.4) is 0 Å². The summed E-state index contributed by atoms with van der Waals surface area (Å²) < 4.78 is 22.2. The Labute approximate surface area is 202 Å². The molecule has 7 atom stereocenters. The molecule has 190 valence electrons. The van der Waals surface area contributed by atoms with E-state index in [2.05, 4.69) is 19.9 Å². The fourth-order valence-corrected chi connectivity index (χ4v) is 8.18. The van der Waals surface area contributed by atoms with E-state index in [1.165, 1.54) is 19.4 Å². The summed E-state index contributed by atoms with van der Waals surface area (Å²) in [5.74, 6) is 0.570. The van der Waals surface area contributed by atoms with Crippen LogP contribution in [-0.4, -0.2) is 49.9 Å². The lowest BCUT2D eigenvalue weighted by atomic mass is 9.46. The van der Waals surface area contributed by atoms with Gasteiger partial charge in [0.15, 0.2) is 6.61 Å². The molecule has 0 radical (unpaired) electrons. The van der Waals surface area contributed by atoms with Crippen molar-refractivity contribution < 1.29 is 33.3 Å². The van der Waals surface area contributed by atoms with Crippen molar-refractivity contribution in [2.45, 2.75) is 90.8 Å². The van der Waals surface area contributed by atoms with Gasteiger partial charge in [0.05, 0.1) is 0 Å². The van der Waals surface area contributed by atoms with Crippen molar-refractivity contribution in [3.05, 3.63) is 11.6 Å². The van der Waals surface area contributed by atoms with E-state index >= 15 is 0 Å². The molecule has 0 spiro atoms. The molecular weight excluding hydrogens is 436 g/mol. The first-order chi connectivity index (χ1) is 16.1. The van der Waals surface area contributed by atoms with Crippen LogP contribution in [0.25, 0.3) is 0 Å². The number of carbonyl (C=O) groups is 3. The molecule has 4 aliphatic carbocycles. The number of rotatable bonds is 7. The zero-order valence-electron chi connectivity index (χ0n) is 21.3. The Morgan fingerprint density at radius 1 is 1.00 bits per heavy atom. The predicted octanol–water partition coefficient (Wildman–Crippen LogP) is 4.37. The fourth-order valence-electron chi connectivity index (χ4n) is 8.18. The number of esters is 2. The Bertz CT molecular complexity index is 865. The van der Waals surface area contributed by atoms with E-state index < -0.39 is 11.6 Å². The van der Waals surface area contributed by atoms with E-state index in [0.29, 0.717) is 24.2 Å². The standard InChI is InChI=1S/C27H40O7/c1-17(28)32-15-24(30)27(33-16-31-5)13-10-23-21-7-6-19-14-20(34-18(2)29)8-11-25(19,3)22(21)9-12-26(23,27)4/h6,20-23H,7-16H2,1-5H3/t20?,21-,22+,23+,25+,26+,27+/m1/s1. The lowest BCUT2D eigenvalue weighted by Crippen LogP contribution is -2.59. The van der Waals surface area contributed by atoms with Gasteiger partial charge in [-0.2, -0.15) is 0 Å². The minimum Gasteiger partial charge on any atom is -0.462 e.